The first-order chi connectivity index (χ1) is 14.9. The van der Waals surface area contributed by atoms with Crippen LogP contribution in [0.25, 0.3) is 5.52 Å². The maximum Gasteiger partial charge on any atom is 0.508 e. The van der Waals surface area contributed by atoms with Gasteiger partial charge in [-0.2, -0.15) is 5.10 Å². The molecule has 0 amide bonds. The average Bonchev–Trinajstić information content (AvgIpc) is 3.34. The van der Waals surface area contributed by atoms with E-state index in [1.165, 1.54) is 10.8 Å². The SMILES string of the molecule is CN1[C@@H]2CC[C@H]1CC(OC(=O)OC[C@H]1O[C@@H](c3ccc4c(N)ncnn34)[C@H](O)[C@@H]1O)C2. The number of nitrogens with zero attached hydrogens (tertiary/aromatic N) is 4. The van der Waals surface area contributed by atoms with Gasteiger partial charge in [0.1, 0.15) is 49.0 Å². The molecule has 0 saturated carbocycles. The van der Waals surface area contributed by atoms with Gasteiger partial charge in [-0.25, -0.2) is 14.3 Å². The van der Waals surface area contributed by atoms with E-state index in [4.69, 9.17) is 19.9 Å². The number of aromatic nitrogens is 3. The molecule has 0 aliphatic carbocycles. The van der Waals surface area contributed by atoms with Crippen LogP contribution in [0.3, 0.4) is 0 Å². The second-order valence-electron chi connectivity index (χ2n) is 8.60. The molecule has 3 fully saturated rings. The summed E-state index contributed by atoms with van der Waals surface area (Å²) in [6.45, 7) is -0.229. The van der Waals surface area contributed by atoms with Gasteiger partial charge in [-0.15, -0.1) is 0 Å². The van der Waals surface area contributed by atoms with Crippen LogP contribution in [0.5, 0.6) is 0 Å². The van der Waals surface area contributed by atoms with Crippen LogP contribution in [-0.2, 0) is 14.2 Å². The van der Waals surface area contributed by atoms with Crippen molar-refractivity contribution in [3.8, 4) is 0 Å². The number of aliphatic hydroxyl groups is 2. The smallest absolute Gasteiger partial charge is 0.431 e. The normalized spacial score (nSPS) is 35.5. The molecular weight excluding hydrogens is 406 g/mol. The summed E-state index contributed by atoms with van der Waals surface area (Å²) in [5, 5.41) is 25.1. The van der Waals surface area contributed by atoms with Crippen LogP contribution in [0.1, 0.15) is 37.5 Å². The minimum absolute atomic E-state index is 0.161. The minimum Gasteiger partial charge on any atom is -0.431 e. The van der Waals surface area contributed by atoms with Crippen molar-refractivity contribution < 1.29 is 29.2 Å². The van der Waals surface area contributed by atoms with E-state index in [1.54, 1.807) is 12.1 Å². The highest BCUT2D eigenvalue weighted by molar-refractivity contribution is 5.65. The lowest BCUT2D eigenvalue weighted by molar-refractivity contribution is -0.0567. The predicted molar refractivity (Wildman–Crippen MR) is 107 cm³/mol. The highest BCUT2D eigenvalue weighted by Gasteiger charge is 2.45. The summed E-state index contributed by atoms with van der Waals surface area (Å²) < 4.78 is 18.0. The van der Waals surface area contributed by atoms with Gasteiger partial charge in [0.25, 0.3) is 0 Å². The Balaban J connectivity index is 1.19. The molecule has 0 spiro atoms. The molecule has 7 atom stereocenters. The number of piperidine rings is 1. The van der Waals surface area contributed by atoms with Crippen LogP contribution in [0.4, 0.5) is 10.6 Å². The molecule has 1 unspecified atom stereocenters. The molecule has 3 saturated heterocycles. The van der Waals surface area contributed by atoms with Gasteiger partial charge >= 0.3 is 6.16 Å². The fraction of sp³-hybridized carbons (Fsp3) is 0.650. The van der Waals surface area contributed by atoms with Crippen molar-refractivity contribution in [2.24, 2.45) is 0 Å². The van der Waals surface area contributed by atoms with Crippen molar-refractivity contribution in [2.45, 2.75) is 68.3 Å². The van der Waals surface area contributed by atoms with Gasteiger partial charge in [0.15, 0.2) is 5.82 Å². The van der Waals surface area contributed by atoms with Crippen molar-refractivity contribution in [3.63, 3.8) is 0 Å². The Morgan fingerprint density at radius 3 is 2.74 bits per heavy atom. The molecule has 0 aromatic carbocycles. The van der Waals surface area contributed by atoms with Crippen LogP contribution in [-0.4, -0.2) is 86.0 Å². The Morgan fingerprint density at radius 2 is 2.00 bits per heavy atom. The van der Waals surface area contributed by atoms with Crippen molar-refractivity contribution >= 4 is 17.5 Å². The van der Waals surface area contributed by atoms with Gasteiger partial charge in [0, 0.05) is 24.9 Å². The number of nitrogen functional groups attached to an aromatic ring is 1. The number of anilines is 1. The van der Waals surface area contributed by atoms with E-state index in [-0.39, 0.29) is 12.7 Å². The van der Waals surface area contributed by atoms with E-state index in [2.05, 4.69) is 22.0 Å². The van der Waals surface area contributed by atoms with Crippen molar-refractivity contribution in [3.05, 3.63) is 24.2 Å². The summed E-state index contributed by atoms with van der Waals surface area (Å²) in [6, 6.07) is 4.31. The molecule has 0 radical (unpaired) electrons. The molecule has 4 N–H and O–H groups in total. The fourth-order valence-corrected chi connectivity index (χ4v) is 5.10. The number of hydrogen-bond acceptors (Lipinski definition) is 10. The topological polar surface area (TPSA) is 145 Å². The first-order valence-electron chi connectivity index (χ1n) is 10.6. The van der Waals surface area contributed by atoms with Crippen LogP contribution < -0.4 is 5.73 Å². The number of hydrogen-bond donors (Lipinski definition) is 3. The first kappa shape index (κ1) is 20.4. The number of carbonyl (C=O) groups is 1. The Bertz CT molecular complexity index is 955. The van der Waals surface area contributed by atoms with E-state index in [9.17, 15) is 15.0 Å². The first-order valence-corrected chi connectivity index (χ1v) is 10.6. The molecule has 11 heteroatoms. The van der Waals surface area contributed by atoms with Gasteiger partial charge in [0.2, 0.25) is 0 Å². The lowest BCUT2D eigenvalue weighted by atomic mass is 10.0. The highest BCUT2D eigenvalue weighted by Crippen LogP contribution is 2.36. The average molecular weight is 433 g/mol. The van der Waals surface area contributed by atoms with Crippen LogP contribution in [0, 0.1) is 0 Å². The summed E-state index contributed by atoms with van der Waals surface area (Å²) in [4.78, 5) is 18.5. The zero-order valence-corrected chi connectivity index (χ0v) is 17.2. The molecule has 3 aliphatic heterocycles. The number of carbonyl (C=O) groups excluding carboxylic acids is 1. The molecule has 11 nitrogen and oxygen atoms in total. The Labute approximate surface area is 178 Å². The number of ether oxygens (including phenoxy) is 3. The molecule has 5 rings (SSSR count). The second-order valence-corrected chi connectivity index (χ2v) is 8.60. The highest BCUT2D eigenvalue weighted by atomic mass is 16.7. The van der Waals surface area contributed by atoms with Crippen LogP contribution >= 0.6 is 0 Å². The predicted octanol–water partition coefficient (Wildman–Crippen LogP) is 0.252. The molecule has 2 bridgehead atoms. The number of aliphatic hydroxyl groups excluding tert-OH is 2. The Kier molecular flexibility index (Phi) is 5.21. The van der Waals surface area contributed by atoms with Gasteiger partial charge in [-0.05, 0) is 32.0 Å². The summed E-state index contributed by atoms with van der Waals surface area (Å²) >= 11 is 0. The Morgan fingerprint density at radius 1 is 1.26 bits per heavy atom. The number of nitrogens with two attached hydrogens (primary N) is 1. The van der Waals surface area contributed by atoms with Crippen LogP contribution in [0.2, 0.25) is 0 Å². The van der Waals surface area contributed by atoms with E-state index in [0.717, 1.165) is 25.7 Å². The standard InChI is InChI=1S/C20H27N5O6/c1-24-10-2-3-11(24)7-12(6-10)30-20(28)29-8-15-16(26)17(27)18(31-15)13-4-5-14-19(21)22-9-23-25(13)14/h4-5,9-12,15-18,26-27H,2-3,6-8H2,1H3,(H2,21,22,23)/t10-,11+,12?,15-,16-,17-,18+/m1/s1. The zero-order chi connectivity index (χ0) is 21.7. The van der Waals surface area contributed by atoms with Gasteiger partial charge < -0.3 is 35.1 Å². The molecule has 2 aromatic rings. The third kappa shape index (κ3) is 3.61. The van der Waals surface area contributed by atoms with Crippen molar-refractivity contribution in [1.82, 2.24) is 19.5 Å². The third-order valence-electron chi connectivity index (χ3n) is 6.85. The van der Waals surface area contributed by atoms with E-state index >= 15 is 0 Å². The molecule has 2 aromatic heterocycles. The summed E-state index contributed by atoms with van der Waals surface area (Å²) in [6.07, 6.45) is 0.00923. The monoisotopic (exact) mass is 433 g/mol. The number of fused-ring (bicyclic) bond motifs is 3. The van der Waals surface area contributed by atoms with Gasteiger partial charge in [0.05, 0.1) is 5.69 Å². The van der Waals surface area contributed by atoms with Crippen LogP contribution in [0.15, 0.2) is 18.5 Å². The third-order valence-corrected chi connectivity index (χ3v) is 6.85. The molecule has 5 heterocycles. The number of rotatable bonds is 4. The van der Waals surface area contributed by atoms with E-state index in [0.29, 0.717) is 29.1 Å². The molecule has 31 heavy (non-hydrogen) atoms. The van der Waals surface area contributed by atoms with Gasteiger partial charge in [-0.3, -0.25) is 0 Å². The largest absolute Gasteiger partial charge is 0.508 e. The minimum atomic E-state index is -1.23. The van der Waals surface area contributed by atoms with E-state index in [1.807, 2.05) is 0 Å². The lowest BCUT2D eigenvalue weighted by Crippen LogP contribution is -2.43. The van der Waals surface area contributed by atoms with Crippen molar-refractivity contribution in [2.75, 3.05) is 19.4 Å². The summed E-state index contributed by atoms with van der Waals surface area (Å²) in [5.41, 5.74) is 6.93. The van der Waals surface area contributed by atoms with Crippen molar-refractivity contribution in [1.29, 1.82) is 0 Å². The van der Waals surface area contributed by atoms with Gasteiger partial charge in [-0.1, -0.05) is 0 Å². The zero-order valence-electron chi connectivity index (χ0n) is 17.2. The Hall–Kier alpha value is -2.47. The van der Waals surface area contributed by atoms with E-state index < -0.39 is 30.6 Å². The molecule has 3 aliphatic rings. The maximum absolute atomic E-state index is 12.2. The summed E-state index contributed by atoms with van der Waals surface area (Å²) in [5.74, 6) is 0.291. The second kappa shape index (κ2) is 7.90. The maximum atomic E-state index is 12.2. The quantitative estimate of drug-likeness (QED) is 0.574. The molecule has 168 valence electrons. The summed E-state index contributed by atoms with van der Waals surface area (Å²) in [7, 11) is 2.12. The molecular formula is C20H27N5O6. The lowest BCUT2D eigenvalue weighted by Gasteiger charge is -2.35. The fourth-order valence-electron chi connectivity index (χ4n) is 5.10.